The summed E-state index contributed by atoms with van der Waals surface area (Å²) < 4.78 is 16.2. The summed E-state index contributed by atoms with van der Waals surface area (Å²) in [5.41, 5.74) is 3.01. The van der Waals surface area contributed by atoms with Gasteiger partial charge in [0.2, 0.25) is 17.6 Å². The molecule has 0 saturated carbocycles. The van der Waals surface area contributed by atoms with Crippen LogP contribution in [0.5, 0.6) is 17.2 Å². The Kier molecular flexibility index (Phi) is 6.76. The minimum Gasteiger partial charge on any atom is -0.493 e. The number of rotatable bonds is 9. The Balaban J connectivity index is 1.55. The second-order valence-corrected chi connectivity index (χ2v) is 7.48. The Hall–Kier alpha value is -4.67. The third-order valence-corrected chi connectivity index (χ3v) is 5.29. The zero-order valence-corrected chi connectivity index (χ0v) is 20.0. The van der Waals surface area contributed by atoms with Gasteiger partial charge in [-0.25, -0.2) is 9.97 Å². The molecule has 11 heteroatoms. The molecule has 180 valence electrons. The Morgan fingerprint density at radius 3 is 2.26 bits per heavy atom. The zero-order chi connectivity index (χ0) is 24.9. The number of ether oxygens (including phenoxy) is 3. The van der Waals surface area contributed by atoms with Gasteiger partial charge in [-0.1, -0.05) is 24.3 Å². The van der Waals surface area contributed by atoms with Gasteiger partial charge in [-0.05, 0) is 12.5 Å². The van der Waals surface area contributed by atoms with Crippen molar-refractivity contribution in [2.45, 2.75) is 6.92 Å². The minimum atomic E-state index is 0.0207. The maximum Gasteiger partial charge on any atom is 0.235 e. The number of nitrogens with one attached hydrogen (secondary N) is 2. The Morgan fingerprint density at radius 1 is 0.971 bits per heavy atom. The molecule has 0 amide bonds. The van der Waals surface area contributed by atoms with Crippen LogP contribution in [0.3, 0.4) is 0 Å². The highest BCUT2D eigenvalue weighted by Crippen LogP contribution is 2.40. The molecule has 2 N–H and O–H groups in total. The Labute approximate surface area is 202 Å². The van der Waals surface area contributed by atoms with E-state index in [4.69, 9.17) is 14.2 Å². The molecule has 0 unspecified atom stereocenters. The van der Waals surface area contributed by atoms with Crippen molar-refractivity contribution in [3.05, 3.63) is 54.4 Å². The van der Waals surface area contributed by atoms with Gasteiger partial charge in [0.25, 0.3) is 0 Å². The van der Waals surface area contributed by atoms with Gasteiger partial charge >= 0.3 is 0 Å². The summed E-state index contributed by atoms with van der Waals surface area (Å²) in [6.07, 6.45) is 1.41. The molecule has 4 aromatic rings. The molecule has 0 aliphatic heterocycles. The van der Waals surface area contributed by atoms with Gasteiger partial charge in [-0.3, -0.25) is 14.8 Å². The fourth-order valence-electron chi connectivity index (χ4n) is 3.41. The van der Waals surface area contributed by atoms with Crippen LogP contribution in [-0.2, 0) is 0 Å². The van der Waals surface area contributed by atoms with Crippen LogP contribution >= 0.6 is 0 Å². The van der Waals surface area contributed by atoms with E-state index in [2.05, 4.69) is 30.5 Å². The fraction of sp³-hybridized carbons (Fsp3) is 0.208. The molecule has 2 aromatic carbocycles. The number of carbonyl (C=O) groups is 1. The first-order valence-electron chi connectivity index (χ1n) is 10.6. The zero-order valence-electron chi connectivity index (χ0n) is 20.0. The van der Waals surface area contributed by atoms with Gasteiger partial charge in [0.15, 0.2) is 23.1 Å². The van der Waals surface area contributed by atoms with Gasteiger partial charge in [-0.2, -0.15) is 10.1 Å². The molecule has 4 rings (SSSR count). The summed E-state index contributed by atoms with van der Waals surface area (Å²) in [5.74, 6) is 2.84. The van der Waals surface area contributed by atoms with E-state index in [1.807, 2.05) is 18.2 Å². The van der Waals surface area contributed by atoms with Crippen LogP contribution in [-0.4, -0.2) is 59.3 Å². The lowest BCUT2D eigenvalue weighted by molar-refractivity contribution is 0.101. The predicted octanol–water partition coefficient (Wildman–Crippen LogP) is 4.00. The summed E-state index contributed by atoms with van der Waals surface area (Å²) in [6.45, 7) is 1.54. The van der Waals surface area contributed by atoms with Gasteiger partial charge in [0.05, 0.1) is 27.0 Å². The second kappa shape index (κ2) is 10.1. The number of Topliss-reactive ketones (excluding diaryl/α,β-unsaturated/α-hetero) is 1. The molecular formula is C24H25N7O4. The number of H-pyrrole nitrogens is 1. The number of benzene rings is 2. The topological polar surface area (TPSA) is 127 Å². The third kappa shape index (κ3) is 4.98. The lowest BCUT2D eigenvalue weighted by atomic mass is 10.1. The summed E-state index contributed by atoms with van der Waals surface area (Å²) in [7, 11) is 6.44. The number of aromatic amines is 1. The molecule has 0 spiro atoms. The molecule has 2 heterocycles. The SMILES string of the molecule is COc1cc(Nc2ncnc(N(C)c3cc(-c4ccc(C(C)=O)cc4)[nH]n3)n2)cc(OC)c1OC. The summed E-state index contributed by atoms with van der Waals surface area (Å²) in [6, 6.07) is 12.7. The number of ketones is 1. The van der Waals surface area contributed by atoms with Crippen LogP contribution in [0.15, 0.2) is 48.8 Å². The van der Waals surface area contributed by atoms with Crippen molar-refractivity contribution in [1.29, 1.82) is 0 Å². The lowest BCUT2D eigenvalue weighted by Crippen LogP contribution is -2.14. The number of nitrogens with zero attached hydrogens (tertiary/aromatic N) is 5. The second-order valence-electron chi connectivity index (χ2n) is 7.48. The van der Waals surface area contributed by atoms with Crippen LogP contribution in [0, 0.1) is 0 Å². The molecule has 0 fully saturated rings. The van der Waals surface area contributed by atoms with E-state index < -0.39 is 0 Å². The largest absolute Gasteiger partial charge is 0.493 e. The van der Waals surface area contributed by atoms with Crippen molar-refractivity contribution in [2.24, 2.45) is 0 Å². The molecule has 0 saturated heterocycles. The van der Waals surface area contributed by atoms with E-state index in [1.165, 1.54) is 13.3 Å². The summed E-state index contributed by atoms with van der Waals surface area (Å²) in [4.78, 5) is 26.2. The van der Waals surface area contributed by atoms with Crippen molar-refractivity contribution < 1.29 is 19.0 Å². The summed E-state index contributed by atoms with van der Waals surface area (Å²) in [5, 5.41) is 10.5. The van der Waals surface area contributed by atoms with E-state index in [-0.39, 0.29) is 5.78 Å². The summed E-state index contributed by atoms with van der Waals surface area (Å²) >= 11 is 0. The van der Waals surface area contributed by atoms with Crippen molar-refractivity contribution >= 4 is 29.2 Å². The van der Waals surface area contributed by atoms with E-state index in [1.54, 1.807) is 57.5 Å². The van der Waals surface area contributed by atoms with Crippen molar-refractivity contribution in [2.75, 3.05) is 38.6 Å². The van der Waals surface area contributed by atoms with Crippen LogP contribution in [0.4, 0.5) is 23.4 Å². The van der Waals surface area contributed by atoms with Gasteiger partial charge < -0.3 is 19.5 Å². The number of aromatic nitrogens is 5. The van der Waals surface area contributed by atoms with E-state index in [0.717, 1.165) is 11.3 Å². The highest BCUT2D eigenvalue weighted by Gasteiger charge is 2.16. The molecule has 0 radical (unpaired) electrons. The molecule has 0 aliphatic carbocycles. The van der Waals surface area contributed by atoms with Gasteiger partial charge in [-0.15, -0.1) is 0 Å². The number of hydrogen-bond acceptors (Lipinski definition) is 10. The molecule has 11 nitrogen and oxygen atoms in total. The number of anilines is 4. The smallest absolute Gasteiger partial charge is 0.235 e. The molecule has 0 aliphatic rings. The van der Waals surface area contributed by atoms with Crippen LogP contribution < -0.4 is 24.4 Å². The van der Waals surface area contributed by atoms with Crippen molar-refractivity contribution in [3.63, 3.8) is 0 Å². The average molecular weight is 476 g/mol. The first-order chi connectivity index (χ1) is 16.9. The molecular weight excluding hydrogens is 450 g/mol. The Bertz CT molecular complexity index is 1310. The number of carbonyl (C=O) groups excluding carboxylic acids is 1. The van der Waals surface area contributed by atoms with E-state index in [9.17, 15) is 4.79 Å². The van der Waals surface area contributed by atoms with E-state index in [0.29, 0.717) is 46.2 Å². The normalized spacial score (nSPS) is 10.5. The maximum absolute atomic E-state index is 11.5. The molecule has 35 heavy (non-hydrogen) atoms. The standard InChI is InChI=1S/C24H25N7O4/c1-14(32)15-6-8-16(9-7-15)18-12-21(30-29-18)31(2)24-26-13-25-23(28-24)27-17-10-19(33-3)22(35-5)20(11-17)34-4/h6-13H,1-5H3,(H,29,30)(H,25,26,27,28). The van der Waals surface area contributed by atoms with E-state index >= 15 is 0 Å². The Morgan fingerprint density at radius 2 is 1.66 bits per heavy atom. The van der Waals surface area contributed by atoms with Gasteiger partial charge in [0, 0.05) is 36.5 Å². The highest BCUT2D eigenvalue weighted by atomic mass is 16.5. The van der Waals surface area contributed by atoms with Crippen LogP contribution in [0.1, 0.15) is 17.3 Å². The average Bonchev–Trinajstić information content (AvgIpc) is 3.38. The third-order valence-electron chi connectivity index (χ3n) is 5.29. The monoisotopic (exact) mass is 475 g/mol. The van der Waals surface area contributed by atoms with Crippen LogP contribution in [0.25, 0.3) is 11.3 Å². The highest BCUT2D eigenvalue weighted by molar-refractivity contribution is 5.94. The number of methoxy groups -OCH3 is 3. The molecule has 2 aromatic heterocycles. The van der Waals surface area contributed by atoms with Crippen LogP contribution in [0.2, 0.25) is 0 Å². The maximum atomic E-state index is 11.5. The quantitative estimate of drug-likeness (QED) is 0.343. The number of hydrogen-bond donors (Lipinski definition) is 2. The van der Waals surface area contributed by atoms with Gasteiger partial charge in [0.1, 0.15) is 6.33 Å². The van der Waals surface area contributed by atoms with Crippen molar-refractivity contribution in [1.82, 2.24) is 25.1 Å². The first kappa shape index (κ1) is 23.5. The minimum absolute atomic E-state index is 0.0207. The molecule has 0 bridgehead atoms. The predicted molar refractivity (Wildman–Crippen MR) is 131 cm³/mol. The first-order valence-corrected chi connectivity index (χ1v) is 10.6. The van der Waals surface area contributed by atoms with Crippen molar-refractivity contribution in [3.8, 4) is 28.5 Å². The lowest BCUT2D eigenvalue weighted by Gasteiger charge is -2.16. The fourth-order valence-corrected chi connectivity index (χ4v) is 3.41. The molecule has 0 atom stereocenters.